The summed E-state index contributed by atoms with van der Waals surface area (Å²) in [5, 5.41) is 11.3. The summed E-state index contributed by atoms with van der Waals surface area (Å²) in [4.78, 5) is 4.05. The van der Waals surface area contributed by atoms with Crippen molar-refractivity contribution in [3.05, 3.63) is 41.9 Å². The normalized spacial score (nSPS) is 11.3. The molecular formula is C11H13N3O2. The lowest BCUT2D eigenvalue weighted by molar-refractivity contribution is 0.320. The number of aryl methyl sites for hydroxylation is 3. The van der Waals surface area contributed by atoms with Gasteiger partial charge in [0.1, 0.15) is 17.7 Å². The minimum atomic E-state index is 0.558. The summed E-state index contributed by atoms with van der Waals surface area (Å²) < 4.78 is 7.41. The number of hydrogen-bond donors (Lipinski definition) is 1. The number of oxime groups is 1. The molecule has 5 nitrogen and oxygen atoms in total. The van der Waals surface area contributed by atoms with Crippen molar-refractivity contribution in [3.8, 4) is 0 Å². The molecule has 0 fully saturated rings. The number of nitrogens with zero attached hydrogens (tertiary/aromatic N) is 3. The van der Waals surface area contributed by atoms with Crippen molar-refractivity contribution >= 4 is 6.21 Å². The molecule has 0 bridgehead atoms. The highest BCUT2D eigenvalue weighted by Gasteiger charge is 2.03. The Labute approximate surface area is 93.0 Å². The quantitative estimate of drug-likeness (QED) is 0.482. The Kier molecular flexibility index (Phi) is 3.05. The highest BCUT2D eigenvalue weighted by atomic mass is 16.4. The van der Waals surface area contributed by atoms with Crippen LogP contribution < -0.4 is 0 Å². The Balaban J connectivity index is 1.97. The molecule has 0 atom stereocenters. The predicted molar refractivity (Wildman–Crippen MR) is 58.7 cm³/mol. The maximum Gasteiger partial charge on any atom is 0.148 e. The van der Waals surface area contributed by atoms with Crippen molar-refractivity contribution in [1.82, 2.24) is 9.55 Å². The third kappa shape index (κ3) is 2.31. The topological polar surface area (TPSA) is 63.5 Å². The Morgan fingerprint density at radius 2 is 2.38 bits per heavy atom. The van der Waals surface area contributed by atoms with Crippen LogP contribution in [-0.4, -0.2) is 21.0 Å². The molecule has 0 radical (unpaired) electrons. The second-order valence-corrected chi connectivity index (χ2v) is 3.54. The van der Waals surface area contributed by atoms with Gasteiger partial charge in [-0.2, -0.15) is 0 Å². The summed E-state index contributed by atoms with van der Waals surface area (Å²) in [6.07, 6.45) is 6.58. The number of hydrogen-bond acceptors (Lipinski definition) is 4. The number of aromatic nitrogens is 2. The van der Waals surface area contributed by atoms with Gasteiger partial charge in [-0.3, -0.25) is 0 Å². The summed E-state index contributed by atoms with van der Waals surface area (Å²) in [6.45, 7) is 0. The second-order valence-electron chi connectivity index (χ2n) is 3.54. The van der Waals surface area contributed by atoms with Crippen LogP contribution in [0.4, 0.5) is 0 Å². The molecule has 16 heavy (non-hydrogen) atoms. The van der Waals surface area contributed by atoms with E-state index in [0.717, 1.165) is 24.3 Å². The molecule has 2 aromatic rings. The van der Waals surface area contributed by atoms with E-state index in [2.05, 4.69) is 10.1 Å². The van der Waals surface area contributed by atoms with E-state index in [-0.39, 0.29) is 0 Å². The molecular weight excluding hydrogens is 206 g/mol. The molecule has 0 aliphatic carbocycles. The van der Waals surface area contributed by atoms with Crippen molar-refractivity contribution in [3.63, 3.8) is 0 Å². The van der Waals surface area contributed by atoms with Gasteiger partial charge in [0, 0.05) is 25.4 Å². The first-order chi connectivity index (χ1) is 7.79. The molecule has 84 valence electrons. The fourth-order valence-electron chi connectivity index (χ4n) is 1.53. The van der Waals surface area contributed by atoms with Crippen molar-refractivity contribution < 1.29 is 9.62 Å². The number of imidazole rings is 1. The van der Waals surface area contributed by atoms with Crippen LogP contribution in [0, 0.1) is 0 Å². The average molecular weight is 219 g/mol. The van der Waals surface area contributed by atoms with Gasteiger partial charge in [-0.05, 0) is 18.6 Å². The van der Waals surface area contributed by atoms with Crippen LogP contribution in [0.25, 0.3) is 0 Å². The molecule has 2 rings (SSSR count). The molecule has 0 spiro atoms. The first-order valence-corrected chi connectivity index (χ1v) is 5.01. The number of furan rings is 1. The lowest BCUT2D eigenvalue weighted by Crippen LogP contribution is -1.96. The average Bonchev–Trinajstić information content (AvgIpc) is 2.86. The molecule has 1 N–H and O–H groups in total. The van der Waals surface area contributed by atoms with Crippen LogP contribution in [0.1, 0.15) is 17.2 Å². The van der Waals surface area contributed by atoms with E-state index in [1.807, 2.05) is 23.9 Å². The van der Waals surface area contributed by atoms with Crippen molar-refractivity contribution in [1.29, 1.82) is 0 Å². The van der Waals surface area contributed by atoms with E-state index in [0.29, 0.717) is 5.76 Å². The summed E-state index contributed by atoms with van der Waals surface area (Å²) in [5.74, 6) is 1.43. The Bertz CT molecular complexity index is 485. The smallest absolute Gasteiger partial charge is 0.148 e. The van der Waals surface area contributed by atoms with E-state index < -0.39 is 0 Å². The first kappa shape index (κ1) is 10.5. The van der Waals surface area contributed by atoms with Gasteiger partial charge in [-0.1, -0.05) is 5.16 Å². The van der Waals surface area contributed by atoms with Gasteiger partial charge < -0.3 is 14.2 Å². The maximum absolute atomic E-state index is 8.34. The van der Waals surface area contributed by atoms with Gasteiger partial charge in [0.25, 0.3) is 0 Å². The fourth-order valence-corrected chi connectivity index (χ4v) is 1.53. The maximum atomic E-state index is 8.34. The zero-order valence-electron chi connectivity index (χ0n) is 9.00. The Hall–Kier alpha value is -2.04. The highest BCUT2D eigenvalue weighted by molar-refractivity contribution is 5.75. The SMILES string of the molecule is Cn1cncc1CCc1ccc(/C=N\O)o1. The minimum Gasteiger partial charge on any atom is -0.460 e. The molecule has 0 aliphatic rings. The zero-order chi connectivity index (χ0) is 11.4. The monoisotopic (exact) mass is 219 g/mol. The van der Waals surface area contributed by atoms with Crippen LogP contribution in [0.2, 0.25) is 0 Å². The summed E-state index contributed by atoms with van der Waals surface area (Å²) in [7, 11) is 1.97. The zero-order valence-corrected chi connectivity index (χ0v) is 9.00. The van der Waals surface area contributed by atoms with Crippen LogP contribution in [0.3, 0.4) is 0 Å². The number of rotatable bonds is 4. The van der Waals surface area contributed by atoms with Gasteiger partial charge >= 0.3 is 0 Å². The van der Waals surface area contributed by atoms with Crippen LogP contribution in [0.15, 0.2) is 34.2 Å². The molecule has 0 amide bonds. The van der Waals surface area contributed by atoms with Gasteiger partial charge in [-0.15, -0.1) is 0 Å². The van der Waals surface area contributed by atoms with Crippen LogP contribution in [-0.2, 0) is 19.9 Å². The first-order valence-electron chi connectivity index (χ1n) is 5.01. The van der Waals surface area contributed by atoms with Crippen molar-refractivity contribution in [2.24, 2.45) is 12.2 Å². The molecule has 0 aromatic carbocycles. The van der Waals surface area contributed by atoms with Gasteiger partial charge in [0.05, 0.1) is 6.33 Å². The highest BCUT2D eigenvalue weighted by Crippen LogP contribution is 2.09. The lowest BCUT2D eigenvalue weighted by atomic mass is 10.2. The fraction of sp³-hybridized carbons (Fsp3) is 0.273. The molecule has 2 aromatic heterocycles. The molecule has 5 heteroatoms. The van der Waals surface area contributed by atoms with E-state index in [9.17, 15) is 0 Å². The van der Waals surface area contributed by atoms with Crippen molar-refractivity contribution in [2.45, 2.75) is 12.8 Å². The van der Waals surface area contributed by atoms with Crippen molar-refractivity contribution in [2.75, 3.05) is 0 Å². The molecule has 0 aliphatic heterocycles. The van der Waals surface area contributed by atoms with Gasteiger partial charge in [0.2, 0.25) is 0 Å². The third-order valence-corrected chi connectivity index (χ3v) is 2.41. The largest absolute Gasteiger partial charge is 0.460 e. The Morgan fingerprint density at radius 1 is 1.50 bits per heavy atom. The minimum absolute atomic E-state index is 0.558. The molecule has 0 saturated heterocycles. The predicted octanol–water partition coefficient (Wildman–Crippen LogP) is 1.61. The Morgan fingerprint density at radius 3 is 3.06 bits per heavy atom. The summed E-state index contributed by atoms with van der Waals surface area (Å²) in [5.41, 5.74) is 1.16. The summed E-state index contributed by atoms with van der Waals surface area (Å²) >= 11 is 0. The molecule has 0 saturated carbocycles. The van der Waals surface area contributed by atoms with E-state index in [1.165, 1.54) is 6.21 Å². The standard InChI is InChI=1S/C11H13N3O2/c1-14-8-12-6-9(14)2-3-10-4-5-11(16-10)7-13-15/h4-8,15H,2-3H2,1H3/b13-7-. The van der Waals surface area contributed by atoms with Crippen LogP contribution in [0.5, 0.6) is 0 Å². The van der Waals surface area contributed by atoms with Crippen LogP contribution >= 0.6 is 0 Å². The lowest BCUT2D eigenvalue weighted by Gasteiger charge is -1.99. The summed E-state index contributed by atoms with van der Waals surface area (Å²) in [6, 6.07) is 3.66. The van der Waals surface area contributed by atoms with Gasteiger partial charge in [0.15, 0.2) is 0 Å². The van der Waals surface area contributed by atoms with Gasteiger partial charge in [-0.25, -0.2) is 4.98 Å². The third-order valence-electron chi connectivity index (χ3n) is 2.41. The second kappa shape index (κ2) is 4.65. The van der Waals surface area contributed by atoms with E-state index in [4.69, 9.17) is 9.62 Å². The van der Waals surface area contributed by atoms with E-state index in [1.54, 1.807) is 12.4 Å². The van der Waals surface area contributed by atoms with E-state index >= 15 is 0 Å². The molecule has 2 heterocycles. The molecule has 0 unspecified atom stereocenters.